The first kappa shape index (κ1) is 14.3. The quantitative estimate of drug-likeness (QED) is 0.888. The molecular weight excluding hydrogens is 258 g/mol. The first-order valence-electron chi connectivity index (χ1n) is 5.34. The van der Waals surface area contributed by atoms with Crippen molar-refractivity contribution in [3.63, 3.8) is 0 Å². The molecule has 98 valence electrons. The second-order valence-corrected chi connectivity index (χ2v) is 3.99. The fourth-order valence-electron chi connectivity index (χ4n) is 1.50. The van der Waals surface area contributed by atoms with Crippen LogP contribution in [0.5, 0.6) is 5.75 Å². The summed E-state index contributed by atoms with van der Waals surface area (Å²) < 4.78 is 5.07. The van der Waals surface area contributed by atoms with Crippen LogP contribution in [0.3, 0.4) is 0 Å². The Bertz CT molecular complexity index is 461. The van der Waals surface area contributed by atoms with E-state index in [0.717, 1.165) is 0 Å². The SMILES string of the molecule is CCN(CC(=O)O)C(=O)c1ccc(Cl)cc1OC. The second kappa shape index (κ2) is 6.26. The number of hydrogen-bond acceptors (Lipinski definition) is 3. The maximum Gasteiger partial charge on any atom is 0.323 e. The van der Waals surface area contributed by atoms with E-state index in [-0.39, 0.29) is 6.54 Å². The molecule has 0 aliphatic rings. The van der Waals surface area contributed by atoms with Crippen molar-refractivity contribution in [3.8, 4) is 5.75 Å². The molecule has 0 radical (unpaired) electrons. The maximum atomic E-state index is 12.1. The molecule has 0 aliphatic carbocycles. The third kappa shape index (κ3) is 3.37. The van der Waals surface area contributed by atoms with Gasteiger partial charge in [-0.25, -0.2) is 0 Å². The molecule has 0 aliphatic heterocycles. The van der Waals surface area contributed by atoms with Gasteiger partial charge in [0.1, 0.15) is 12.3 Å². The van der Waals surface area contributed by atoms with E-state index in [1.165, 1.54) is 24.1 Å². The molecule has 0 bridgehead atoms. The highest BCUT2D eigenvalue weighted by molar-refractivity contribution is 6.30. The fraction of sp³-hybridized carbons (Fsp3) is 0.333. The van der Waals surface area contributed by atoms with Crippen LogP contribution in [0.1, 0.15) is 17.3 Å². The summed E-state index contributed by atoms with van der Waals surface area (Å²) in [7, 11) is 1.43. The number of nitrogens with zero attached hydrogens (tertiary/aromatic N) is 1. The van der Waals surface area contributed by atoms with Crippen molar-refractivity contribution >= 4 is 23.5 Å². The van der Waals surface area contributed by atoms with Crippen LogP contribution < -0.4 is 4.74 Å². The van der Waals surface area contributed by atoms with Gasteiger partial charge in [0.2, 0.25) is 0 Å². The first-order chi connectivity index (χ1) is 8.49. The topological polar surface area (TPSA) is 66.8 Å². The summed E-state index contributed by atoms with van der Waals surface area (Å²) in [6.45, 7) is 1.67. The van der Waals surface area contributed by atoms with Crippen molar-refractivity contribution < 1.29 is 19.4 Å². The van der Waals surface area contributed by atoms with E-state index in [4.69, 9.17) is 21.4 Å². The third-order valence-electron chi connectivity index (χ3n) is 2.39. The van der Waals surface area contributed by atoms with Crippen LogP contribution in [0.2, 0.25) is 5.02 Å². The van der Waals surface area contributed by atoms with E-state index in [1.807, 2.05) is 0 Å². The smallest absolute Gasteiger partial charge is 0.323 e. The number of carboxylic acids is 1. The van der Waals surface area contributed by atoms with Gasteiger partial charge in [-0.2, -0.15) is 0 Å². The van der Waals surface area contributed by atoms with Gasteiger partial charge in [-0.3, -0.25) is 9.59 Å². The van der Waals surface area contributed by atoms with Crippen molar-refractivity contribution in [1.82, 2.24) is 4.90 Å². The Hall–Kier alpha value is -1.75. The lowest BCUT2D eigenvalue weighted by Crippen LogP contribution is -2.35. The van der Waals surface area contributed by atoms with Gasteiger partial charge >= 0.3 is 5.97 Å². The molecule has 1 N–H and O–H groups in total. The van der Waals surface area contributed by atoms with Crippen molar-refractivity contribution in [2.75, 3.05) is 20.2 Å². The highest BCUT2D eigenvalue weighted by atomic mass is 35.5. The molecule has 0 saturated heterocycles. The third-order valence-corrected chi connectivity index (χ3v) is 2.62. The molecule has 0 aromatic heterocycles. The molecule has 18 heavy (non-hydrogen) atoms. The van der Waals surface area contributed by atoms with Crippen LogP contribution in [0, 0.1) is 0 Å². The average molecular weight is 272 g/mol. The van der Waals surface area contributed by atoms with Crippen LogP contribution >= 0.6 is 11.6 Å². The lowest BCUT2D eigenvalue weighted by atomic mass is 10.1. The van der Waals surface area contributed by atoms with Crippen molar-refractivity contribution in [1.29, 1.82) is 0 Å². The van der Waals surface area contributed by atoms with Crippen molar-refractivity contribution in [2.24, 2.45) is 0 Å². The number of carbonyl (C=O) groups is 2. The fourth-order valence-corrected chi connectivity index (χ4v) is 1.66. The monoisotopic (exact) mass is 271 g/mol. The molecule has 1 aromatic carbocycles. The predicted octanol–water partition coefficient (Wildman–Crippen LogP) is 1.90. The first-order valence-corrected chi connectivity index (χ1v) is 5.72. The number of aliphatic carboxylic acids is 1. The molecule has 1 rings (SSSR count). The Morgan fingerprint density at radius 2 is 2.11 bits per heavy atom. The minimum atomic E-state index is -1.06. The van der Waals surface area contributed by atoms with E-state index in [1.54, 1.807) is 13.0 Å². The highest BCUT2D eigenvalue weighted by Crippen LogP contribution is 2.24. The van der Waals surface area contributed by atoms with Crippen LogP contribution in [-0.2, 0) is 4.79 Å². The van der Waals surface area contributed by atoms with Gasteiger partial charge in [0.25, 0.3) is 5.91 Å². The number of hydrogen-bond donors (Lipinski definition) is 1. The number of ether oxygens (including phenoxy) is 1. The molecule has 0 fully saturated rings. The summed E-state index contributed by atoms with van der Waals surface area (Å²) in [4.78, 5) is 24.0. The standard InChI is InChI=1S/C12H14ClNO4/c1-3-14(7-11(15)16)12(17)9-5-4-8(13)6-10(9)18-2/h4-6H,3,7H2,1-2H3,(H,15,16). The average Bonchev–Trinajstić information content (AvgIpc) is 2.34. The number of amides is 1. The summed E-state index contributed by atoms with van der Waals surface area (Å²) in [6.07, 6.45) is 0. The number of benzene rings is 1. The number of carbonyl (C=O) groups excluding carboxylic acids is 1. The molecule has 1 aromatic rings. The summed E-state index contributed by atoms with van der Waals surface area (Å²) in [5.74, 6) is -1.12. The molecular formula is C12H14ClNO4. The summed E-state index contributed by atoms with van der Waals surface area (Å²) in [5.41, 5.74) is 0.296. The largest absolute Gasteiger partial charge is 0.496 e. The Balaban J connectivity index is 3.04. The van der Waals surface area contributed by atoms with E-state index < -0.39 is 11.9 Å². The number of carboxylic acid groups (broad SMARTS) is 1. The molecule has 6 heteroatoms. The van der Waals surface area contributed by atoms with Gasteiger partial charge in [-0.15, -0.1) is 0 Å². The molecule has 5 nitrogen and oxygen atoms in total. The lowest BCUT2D eigenvalue weighted by Gasteiger charge is -2.19. The van der Waals surface area contributed by atoms with Gasteiger partial charge in [0.15, 0.2) is 0 Å². The van der Waals surface area contributed by atoms with Gasteiger partial charge in [-0.05, 0) is 25.1 Å². The zero-order valence-electron chi connectivity index (χ0n) is 10.1. The minimum absolute atomic E-state index is 0.296. The van der Waals surface area contributed by atoms with Crippen LogP contribution in [-0.4, -0.2) is 42.1 Å². The normalized spacial score (nSPS) is 9.94. The van der Waals surface area contributed by atoms with Crippen LogP contribution in [0.25, 0.3) is 0 Å². The second-order valence-electron chi connectivity index (χ2n) is 3.56. The highest BCUT2D eigenvalue weighted by Gasteiger charge is 2.20. The van der Waals surface area contributed by atoms with E-state index >= 15 is 0 Å². The Morgan fingerprint density at radius 1 is 1.44 bits per heavy atom. The number of methoxy groups -OCH3 is 1. The molecule has 0 unspecified atom stereocenters. The number of likely N-dealkylation sites (N-methyl/N-ethyl adjacent to an activating group) is 1. The van der Waals surface area contributed by atoms with E-state index in [2.05, 4.69) is 0 Å². The predicted molar refractivity (Wildman–Crippen MR) is 67.2 cm³/mol. The summed E-state index contributed by atoms with van der Waals surface area (Å²) in [5, 5.41) is 9.18. The van der Waals surface area contributed by atoms with E-state index in [0.29, 0.717) is 22.9 Å². The van der Waals surface area contributed by atoms with Gasteiger partial charge in [0.05, 0.1) is 12.7 Å². The molecule has 0 atom stereocenters. The number of rotatable bonds is 5. The van der Waals surface area contributed by atoms with Crippen molar-refractivity contribution in [2.45, 2.75) is 6.92 Å². The Labute approximate surface area is 110 Å². The number of halogens is 1. The molecule has 0 spiro atoms. The minimum Gasteiger partial charge on any atom is -0.496 e. The zero-order chi connectivity index (χ0) is 13.7. The van der Waals surface area contributed by atoms with Gasteiger partial charge < -0.3 is 14.7 Å². The zero-order valence-corrected chi connectivity index (χ0v) is 10.9. The van der Waals surface area contributed by atoms with Gasteiger partial charge in [0, 0.05) is 11.6 Å². The maximum absolute atomic E-state index is 12.1. The van der Waals surface area contributed by atoms with Gasteiger partial charge in [-0.1, -0.05) is 11.6 Å². The summed E-state index contributed by atoms with van der Waals surface area (Å²) in [6, 6.07) is 4.60. The van der Waals surface area contributed by atoms with Crippen LogP contribution in [0.15, 0.2) is 18.2 Å². The molecule has 0 heterocycles. The summed E-state index contributed by atoms with van der Waals surface area (Å²) >= 11 is 5.80. The molecule has 0 saturated carbocycles. The van der Waals surface area contributed by atoms with E-state index in [9.17, 15) is 9.59 Å². The Kier molecular flexibility index (Phi) is 4.97. The van der Waals surface area contributed by atoms with Crippen LogP contribution in [0.4, 0.5) is 0 Å². The van der Waals surface area contributed by atoms with Crippen molar-refractivity contribution in [3.05, 3.63) is 28.8 Å². The Morgan fingerprint density at radius 3 is 2.61 bits per heavy atom. The molecule has 1 amide bonds. The lowest BCUT2D eigenvalue weighted by molar-refractivity contribution is -0.137.